The fourth-order valence-corrected chi connectivity index (χ4v) is 1.94. The minimum absolute atomic E-state index is 0.604. The van der Waals surface area contributed by atoms with Gasteiger partial charge in [0, 0.05) is 6.54 Å². The number of aromatic nitrogens is 2. The number of hydrogen-bond acceptors (Lipinski definition) is 5. The van der Waals surface area contributed by atoms with Gasteiger partial charge in [0.25, 0.3) is 0 Å². The largest absolute Gasteiger partial charge is 0.497 e. The zero-order valence-electron chi connectivity index (χ0n) is 12.0. The molecule has 2 aromatic rings. The number of benzene rings is 1. The molecule has 0 saturated carbocycles. The van der Waals surface area contributed by atoms with Crippen LogP contribution in [-0.2, 0) is 6.42 Å². The Morgan fingerprint density at radius 3 is 2.45 bits per heavy atom. The van der Waals surface area contributed by atoms with Crippen molar-refractivity contribution in [2.45, 2.75) is 13.3 Å². The molecule has 0 aliphatic carbocycles. The molecule has 0 aliphatic heterocycles. The van der Waals surface area contributed by atoms with Gasteiger partial charge in [0.1, 0.15) is 17.9 Å². The van der Waals surface area contributed by atoms with Crippen molar-refractivity contribution in [3.8, 4) is 11.6 Å². The molecule has 5 nitrogen and oxygen atoms in total. The molecule has 0 amide bonds. The van der Waals surface area contributed by atoms with Crippen LogP contribution in [0, 0.1) is 6.92 Å². The number of ether oxygens (including phenoxy) is 2. The normalized spacial score (nSPS) is 10.2. The lowest BCUT2D eigenvalue weighted by Crippen LogP contribution is -2.08. The van der Waals surface area contributed by atoms with E-state index in [4.69, 9.17) is 9.47 Å². The third-order valence-corrected chi connectivity index (χ3v) is 3.10. The molecule has 20 heavy (non-hydrogen) atoms. The van der Waals surface area contributed by atoms with Crippen molar-refractivity contribution < 1.29 is 9.47 Å². The predicted molar refractivity (Wildman–Crippen MR) is 78.5 cm³/mol. The highest BCUT2D eigenvalue weighted by Crippen LogP contribution is 2.19. The molecule has 1 aromatic heterocycles. The first-order valence-corrected chi connectivity index (χ1v) is 6.47. The van der Waals surface area contributed by atoms with Crippen LogP contribution in [0.15, 0.2) is 30.6 Å². The van der Waals surface area contributed by atoms with Crippen molar-refractivity contribution >= 4 is 5.82 Å². The molecule has 0 saturated heterocycles. The van der Waals surface area contributed by atoms with Gasteiger partial charge >= 0.3 is 0 Å². The average molecular weight is 273 g/mol. The maximum absolute atomic E-state index is 5.17. The number of methoxy groups -OCH3 is 2. The summed E-state index contributed by atoms with van der Waals surface area (Å²) in [5.41, 5.74) is 2.17. The van der Waals surface area contributed by atoms with Crippen LogP contribution in [0.25, 0.3) is 0 Å². The molecule has 0 spiro atoms. The number of nitrogens with zero attached hydrogens (tertiary/aromatic N) is 2. The van der Waals surface area contributed by atoms with Gasteiger partial charge in [-0.3, -0.25) is 0 Å². The first-order valence-electron chi connectivity index (χ1n) is 6.47. The Kier molecular flexibility index (Phi) is 4.76. The fraction of sp³-hybridized carbons (Fsp3) is 0.333. The van der Waals surface area contributed by atoms with E-state index in [1.54, 1.807) is 14.2 Å². The van der Waals surface area contributed by atoms with E-state index in [-0.39, 0.29) is 0 Å². The zero-order valence-corrected chi connectivity index (χ0v) is 12.0. The number of hydrogen-bond donors (Lipinski definition) is 1. The molecule has 1 heterocycles. The average Bonchev–Trinajstić information content (AvgIpc) is 2.49. The monoisotopic (exact) mass is 273 g/mol. The van der Waals surface area contributed by atoms with E-state index in [0.717, 1.165) is 30.1 Å². The van der Waals surface area contributed by atoms with Crippen molar-refractivity contribution in [3.63, 3.8) is 0 Å². The van der Waals surface area contributed by atoms with E-state index in [2.05, 4.69) is 27.4 Å². The second-order valence-electron chi connectivity index (χ2n) is 4.38. The van der Waals surface area contributed by atoms with E-state index < -0.39 is 0 Å². The van der Waals surface area contributed by atoms with E-state index in [1.807, 2.05) is 19.1 Å². The molecule has 106 valence electrons. The highest BCUT2D eigenvalue weighted by Gasteiger charge is 2.06. The molecule has 0 fully saturated rings. The quantitative estimate of drug-likeness (QED) is 0.876. The summed E-state index contributed by atoms with van der Waals surface area (Å²) in [4.78, 5) is 8.28. The molecular weight excluding hydrogens is 254 g/mol. The van der Waals surface area contributed by atoms with Gasteiger partial charge in [0.05, 0.1) is 19.8 Å². The van der Waals surface area contributed by atoms with Gasteiger partial charge in [0.2, 0.25) is 5.88 Å². The van der Waals surface area contributed by atoms with Crippen molar-refractivity contribution in [2.24, 2.45) is 0 Å². The van der Waals surface area contributed by atoms with Crippen LogP contribution in [0.3, 0.4) is 0 Å². The van der Waals surface area contributed by atoms with Crippen LogP contribution in [0.1, 0.15) is 11.1 Å². The summed E-state index contributed by atoms with van der Waals surface area (Å²) < 4.78 is 10.3. The smallest absolute Gasteiger partial charge is 0.221 e. The first-order chi connectivity index (χ1) is 9.74. The summed E-state index contributed by atoms with van der Waals surface area (Å²) in [6.45, 7) is 2.74. The van der Waals surface area contributed by atoms with E-state index in [9.17, 15) is 0 Å². The van der Waals surface area contributed by atoms with E-state index >= 15 is 0 Å². The molecule has 0 unspecified atom stereocenters. The van der Waals surface area contributed by atoms with Gasteiger partial charge in [-0.25, -0.2) is 9.97 Å². The van der Waals surface area contributed by atoms with Crippen LogP contribution >= 0.6 is 0 Å². The Hall–Kier alpha value is -2.30. The molecule has 1 aromatic carbocycles. The Labute approximate surface area is 119 Å². The van der Waals surface area contributed by atoms with Crippen LogP contribution in [0.5, 0.6) is 11.6 Å². The summed E-state index contributed by atoms with van der Waals surface area (Å²) in [6, 6.07) is 8.06. The minimum atomic E-state index is 0.604. The van der Waals surface area contributed by atoms with Crippen molar-refractivity contribution in [1.29, 1.82) is 0 Å². The summed E-state index contributed by atoms with van der Waals surface area (Å²) in [7, 11) is 3.28. The number of rotatable bonds is 6. The Morgan fingerprint density at radius 1 is 1.05 bits per heavy atom. The van der Waals surface area contributed by atoms with Gasteiger partial charge in [0.15, 0.2) is 0 Å². The Morgan fingerprint density at radius 2 is 1.80 bits per heavy atom. The predicted octanol–water partition coefficient (Wildman–Crippen LogP) is 2.46. The highest BCUT2D eigenvalue weighted by molar-refractivity contribution is 5.47. The van der Waals surface area contributed by atoms with Gasteiger partial charge in [-0.2, -0.15) is 0 Å². The highest BCUT2D eigenvalue weighted by atomic mass is 16.5. The topological polar surface area (TPSA) is 56.3 Å². The zero-order chi connectivity index (χ0) is 14.4. The fourth-order valence-electron chi connectivity index (χ4n) is 1.94. The van der Waals surface area contributed by atoms with Crippen LogP contribution in [0.4, 0.5) is 5.82 Å². The van der Waals surface area contributed by atoms with Gasteiger partial charge < -0.3 is 14.8 Å². The number of anilines is 1. The SMILES string of the molecule is COc1ccc(CCNc2ncnc(OC)c2C)cc1. The standard InChI is InChI=1S/C15H19N3O2/c1-11-14(17-10-18-15(11)20-3)16-9-8-12-4-6-13(19-2)7-5-12/h4-7,10H,8-9H2,1-3H3,(H,16,17,18). The molecule has 1 N–H and O–H groups in total. The molecule has 2 rings (SSSR count). The maximum Gasteiger partial charge on any atom is 0.221 e. The lowest BCUT2D eigenvalue weighted by atomic mass is 10.1. The molecule has 0 radical (unpaired) electrons. The molecule has 0 bridgehead atoms. The summed E-state index contributed by atoms with van der Waals surface area (Å²) in [5.74, 6) is 2.29. The third-order valence-electron chi connectivity index (χ3n) is 3.10. The minimum Gasteiger partial charge on any atom is -0.497 e. The Balaban J connectivity index is 1.92. The molecular formula is C15H19N3O2. The van der Waals surface area contributed by atoms with Crippen molar-refractivity contribution in [3.05, 3.63) is 41.7 Å². The van der Waals surface area contributed by atoms with E-state index in [1.165, 1.54) is 11.9 Å². The molecule has 0 atom stereocenters. The lowest BCUT2D eigenvalue weighted by molar-refractivity contribution is 0.393. The lowest BCUT2D eigenvalue weighted by Gasteiger charge is -2.10. The first kappa shape index (κ1) is 14.1. The second-order valence-corrected chi connectivity index (χ2v) is 4.38. The molecule has 5 heteroatoms. The van der Waals surface area contributed by atoms with Crippen LogP contribution in [-0.4, -0.2) is 30.7 Å². The summed E-state index contributed by atoms with van der Waals surface area (Å²) >= 11 is 0. The van der Waals surface area contributed by atoms with Crippen LogP contribution in [0.2, 0.25) is 0 Å². The van der Waals surface area contributed by atoms with Gasteiger partial charge in [-0.15, -0.1) is 0 Å². The van der Waals surface area contributed by atoms with Crippen molar-refractivity contribution in [2.75, 3.05) is 26.1 Å². The van der Waals surface area contributed by atoms with Gasteiger partial charge in [-0.1, -0.05) is 12.1 Å². The van der Waals surface area contributed by atoms with E-state index in [0.29, 0.717) is 5.88 Å². The summed E-state index contributed by atoms with van der Waals surface area (Å²) in [5, 5.41) is 3.30. The van der Waals surface area contributed by atoms with Gasteiger partial charge in [-0.05, 0) is 31.0 Å². The Bertz CT molecular complexity index is 556. The summed E-state index contributed by atoms with van der Waals surface area (Å²) in [6.07, 6.45) is 2.41. The van der Waals surface area contributed by atoms with Crippen molar-refractivity contribution in [1.82, 2.24) is 9.97 Å². The molecule has 0 aliphatic rings. The second kappa shape index (κ2) is 6.75. The van der Waals surface area contributed by atoms with Crippen LogP contribution < -0.4 is 14.8 Å². The number of nitrogens with one attached hydrogen (secondary N) is 1. The third kappa shape index (κ3) is 3.38. The maximum atomic E-state index is 5.17.